The third kappa shape index (κ3) is 13.2. The molecule has 6 N–H and O–H groups in total. The van der Waals surface area contributed by atoms with Crippen molar-refractivity contribution >= 4 is 23.5 Å². The lowest BCUT2D eigenvalue weighted by atomic mass is 9.79. The average molecular weight is 734 g/mol. The number of aliphatic hydroxyl groups excluding tert-OH is 1. The summed E-state index contributed by atoms with van der Waals surface area (Å²) in [4.78, 5) is 56.2. The Hall–Kier alpha value is -2.90. The first-order chi connectivity index (χ1) is 24.6. The average Bonchev–Trinajstić information content (AvgIpc) is 3.62. The first-order valence-corrected chi connectivity index (χ1v) is 19.1. The summed E-state index contributed by atoms with van der Waals surface area (Å²) >= 11 is 0. The molecule has 1 unspecified atom stereocenters. The van der Waals surface area contributed by atoms with Gasteiger partial charge in [0.2, 0.25) is 17.7 Å². The summed E-state index contributed by atoms with van der Waals surface area (Å²) in [7, 11) is 6.38. The third-order valence-corrected chi connectivity index (χ3v) is 10.7. The molecule has 12 nitrogen and oxygen atoms in total. The number of Topliss-reactive ketones (excluding diaryl/α,β-unsaturated/α-hetero) is 1. The van der Waals surface area contributed by atoms with Crippen LogP contribution in [-0.4, -0.2) is 105 Å². The van der Waals surface area contributed by atoms with E-state index in [1.165, 1.54) is 7.05 Å². The molecule has 0 aliphatic carbocycles. The number of amides is 3. The number of aliphatic hydroxyl groups is 1. The van der Waals surface area contributed by atoms with Crippen LogP contribution in [0.2, 0.25) is 0 Å². The summed E-state index contributed by atoms with van der Waals surface area (Å²) in [5, 5.41) is 19.8. The van der Waals surface area contributed by atoms with E-state index >= 15 is 0 Å². The van der Waals surface area contributed by atoms with Crippen LogP contribution in [-0.2, 0) is 28.7 Å². The number of methoxy groups -OCH3 is 2. The highest BCUT2D eigenvalue weighted by Crippen LogP contribution is 2.32. The van der Waals surface area contributed by atoms with Gasteiger partial charge < -0.3 is 41.2 Å². The Morgan fingerprint density at radius 2 is 1.48 bits per heavy atom. The molecule has 1 fully saturated rings. The minimum atomic E-state index is -0.869. The monoisotopic (exact) mass is 734 g/mol. The van der Waals surface area contributed by atoms with Crippen LogP contribution in [0.25, 0.3) is 0 Å². The van der Waals surface area contributed by atoms with Crippen LogP contribution < -0.4 is 21.7 Å². The van der Waals surface area contributed by atoms with Gasteiger partial charge in [-0.15, -0.1) is 0 Å². The zero-order chi connectivity index (χ0) is 39.7. The molecule has 52 heavy (non-hydrogen) atoms. The molecule has 0 aromatic heterocycles. The first-order valence-electron chi connectivity index (χ1n) is 19.1. The molecule has 2 rings (SSSR count). The van der Waals surface area contributed by atoms with Gasteiger partial charge in [-0.05, 0) is 63.1 Å². The van der Waals surface area contributed by atoms with E-state index in [0.717, 1.165) is 12.8 Å². The molecule has 1 saturated heterocycles. The van der Waals surface area contributed by atoms with E-state index in [-0.39, 0.29) is 66.1 Å². The quantitative estimate of drug-likeness (QED) is 0.126. The van der Waals surface area contributed by atoms with Gasteiger partial charge in [0.25, 0.3) is 0 Å². The van der Waals surface area contributed by atoms with E-state index in [2.05, 4.69) is 35.5 Å². The van der Waals surface area contributed by atoms with Crippen LogP contribution in [0.15, 0.2) is 30.3 Å². The van der Waals surface area contributed by atoms with Crippen molar-refractivity contribution < 1.29 is 33.8 Å². The Labute approximate surface area is 313 Å². The van der Waals surface area contributed by atoms with Gasteiger partial charge in [0, 0.05) is 27.2 Å². The van der Waals surface area contributed by atoms with E-state index in [4.69, 9.17) is 9.47 Å². The van der Waals surface area contributed by atoms with Gasteiger partial charge in [-0.2, -0.15) is 0 Å². The summed E-state index contributed by atoms with van der Waals surface area (Å²) in [6.45, 7) is 16.0. The number of rotatable bonds is 21. The standard InChI is InChI=1S/C39H66N4O7.CH5N/c1-12-25(6)29(21-31(44)34(23(2)3)42-39(48)35(40-9)24(4)5)32(49-10)22-33(45)43-20-16-19-30(43)37(50-11)26(7)38(47)41-27(8)36(46)28-17-14-13-15-18-28;1-2/h13-15,17-18,23-27,29-30,32,34-37,40,46H,12,16,19-22H2,1-11H3,(H,41,47)(H,42,48);2H2,1H3/t25-,26+,27+,29-,30-,32+,34?,35-,36+,37+;/m0./s1. The van der Waals surface area contributed by atoms with E-state index in [1.54, 1.807) is 35.1 Å². The molecule has 0 bridgehead atoms. The van der Waals surface area contributed by atoms with Crippen LogP contribution in [0.5, 0.6) is 0 Å². The maximum atomic E-state index is 14.0. The summed E-state index contributed by atoms with van der Waals surface area (Å²) in [6, 6.07) is 7.27. The minimum absolute atomic E-state index is 0.0558. The number of carbonyl (C=O) groups excluding carboxylic acids is 4. The molecule has 1 aromatic rings. The van der Waals surface area contributed by atoms with Crippen molar-refractivity contribution in [2.45, 2.75) is 130 Å². The number of carbonyl (C=O) groups is 4. The highest BCUT2D eigenvalue weighted by molar-refractivity contribution is 5.91. The van der Waals surface area contributed by atoms with Crippen molar-refractivity contribution in [1.29, 1.82) is 0 Å². The van der Waals surface area contributed by atoms with Crippen molar-refractivity contribution in [3.63, 3.8) is 0 Å². The van der Waals surface area contributed by atoms with Crippen molar-refractivity contribution in [1.82, 2.24) is 20.9 Å². The lowest BCUT2D eigenvalue weighted by molar-refractivity contribution is -0.143. The number of likely N-dealkylation sites (N-methyl/N-ethyl adjacent to an activating group) is 1. The van der Waals surface area contributed by atoms with Gasteiger partial charge in [-0.25, -0.2) is 0 Å². The molecule has 1 heterocycles. The fourth-order valence-corrected chi connectivity index (χ4v) is 7.35. The number of ether oxygens (including phenoxy) is 2. The second kappa shape index (κ2) is 23.7. The summed E-state index contributed by atoms with van der Waals surface area (Å²) < 4.78 is 11.9. The Morgan fingerprint density at radius 3 is 1.98 bits per heavy atom. The second-order valence-electron chi connectivity index (χ2n) is 14.9. The van der Waals surface area contributed by atoms with Crippen molar-refractivity contribution in [3.05, 3.63) is 35.9 Å². The summed E-state index contributed by atoms with van der Waals surface area (Å²) in [5.41, 5.74) is 5.21. The lowest BCUT2D eigenvalue weighted by Gasteiger charge is -2.36. The molecule has 0 spiro atoms. The molecule has 1 aliphatic heterocycles. The van der Waals surface area contributed by atoms with E-state index in [1.807, 2.05) is 62.9 Å². The number of likely N-dealkylation sites (tertiary alicyclic amines) is 1. The number of ketones is 1. The van der Waals surface area contributed by atoms with Crippen LogP contribution in [0, 0.1) is 29.6 Å². The van der Waals surface area contributed by atoms with E-state index < -0.39 is 42.4 Å². The van der Waals surface area contributed by atoms with Crippen LogP contribution in [0.3, 0.4) is 0 Å². The molecule has 0 radical (unpaired) electrons. The topological polar surface area (TPSA) is 172 Å². The summed E-state index contributed by atoms with van der Waals surface area (Å²) in [5.74, 6) is -1.45. The normalized spacial score (nSPS) is 19.7. The van der Waals surface area contributed by atoms with Crippen molar-refractivity contribution in [2.75, 3.05) is 34.9 Å². The Bertz CT molecular complexity index is 1220. The SMILES string of the molecule is CC[C@H](C)[C@H](CC(=O)C(NC(=O)[C@@H](NC)C(C)C)C(C)C)[C@@H](CC(=O)N1CCC[C@H]1[C@H](OC)[C@@H](C)C(=O)N[C@H](C)[C@@H](O)c1ccccc1)OC.CN. The zero-order valence-corrected chi connectivity index (χ0v) is 34.0. The molecule has 10 atom stereocenters. The highest BCUT2D eigenvalue weighted by Gasteiger charge is 2.42. The molecule has 0 saturated carbocycles. The largest absolute Gasteiger partial charge is 0.386 e. The van der Waals surface area contributed by atoms with Crippen molar-refractivity contribution in [3.8, 4) is 0 Å². The molecule has 1 aromatic carbocycles. The number of nitrogens with zero attached hydrogens (tertiary/aromatic N) is 1. The van der Waals surface area contributed by atoms with Crippen molar-refractivity contribution in [2.24, 2.45) is 35.3 Å². The van der Waals surface area contributed by atoms with Crippen LogP contribution in [0.4, 0.5) is 0 Å². The molecule has 12 heteroatoms. The van der Waals surface area contributed by atoms with Gasteiger partial charge in [0.1, 0.15) is 0 Å². The maximum Gasteiger partial charge on any atom is 0.237 e. The van der Waals surface area contributed by atoms with Crippen LogP contribution >= 0.6 is 0 Å². The number of nitrogens with one attached hydrogen (secondary N) is 3. The first kappa shape index (κ1) is 47.1. The fourth-order valence-electron chi connectivity index (χ4n) is 7.35. The fraction of sp³-hybridized carbons (Fsp3) is 0.750. The Kier molecular flexibility index (Phi) is 21.5. The lowest BCUT2D eigenvalue weighted by Crippen LogP contribution is -2.53. The maximum absolute atomic E-state index is 14.0. The third-order valence-electron chi connectivity index (χ3n) is 10.7. The van der Waals surface area contributed by atoms with Gasteiger partial charge in [-0.1, -0.05) is 85.2 Å². The predicted molar refractivity (Wildman–Crippen MR) is 206 cm³/mol. The Morgan fingerprint density at radius 1 is 0.885 bits per heavy atom. The molecule has 1 aliphatic rings. The number of hydrogen-bond donors (Lipinski definition) is 5. The minimum Gasteiger partial charge on any atom is -0.386 e. The van der Waals surface area contributed by atoms with Gasteiger partial charge in [-0.3, -0.25) is 19.2 Å². The summed E-state index contributed by atoms with van der Waals surface area (Å²) in [6.07, 6.45) is 0.568. The van der Waals surface area contributed by atoms with E-state index in [0.29, 0.717) is 18.5 Å². The highest BCUT2D eigenvalue weighted by atomic mass is 16.5. The molecular weight excluding hydrogens is 662 g/mol. The zero-order valence-electron chi connectivity index (χ0n) is 34.0. The number of hydrogen-bond acceptors (Lipinski definition) is 9. The molecule has 3 amide bonds. The van der Waals surface area contributed by atoms with E-state index in [9.17, 15) is 24.3 Å². The predicted octanol–water partition coefficient (Wildman–Crippen LogP) is 3.85. The number of benzene rings is 1. The van der Waals surface area contributed by atoms with Gasteiger partial charge >= 0.3 is 0 Å². The smallest absolute Gasteiger partial charge is 0.237 e. The molecular formula is C40H71N5O7. The van der Waals surface area contributed by atoms with Gasteiger partial charge in [0.15, 0.2) is 5.78 Å². The van der Waals surface area contributed by atoms with Crippen LogP contribution in [0.1, 0.15) is 99.2 Å². The Balaban J connectivity index is 0.00000664. The molecule has 298 valence electrons. The second-order valence-corrected chi connectivity index (χ2v) is 14.9. The number of nitrogens with two attached hydrogens (primary N) is 1. The van der Waals surface area contributed by atoms with Gasteiger partial charge in [0.05, 0.1) is 54.8 Å².